The third kappa shape index (κ3) is 4.47. The van der Waals surface area contributed by atoms with E-state index in [1.165, 1.54) is 18.3 Å². The zero-order valence-corrected chi connectivity index (χ0v) is 17.3. The number of aryl methyl sites for hydroxylation is 2. The number of likely N-dealkylation sites (tertiary alicyclic amines) is 1. The van der Waals surface area contributed by atoms with Crippen molar-refractivity contribution in [3.05, 3.63) is 47.5 Å². The van der Waals surface area contributed by atoms with Crippen LogP contribution in [0, 0.1) is 12.8 Å². The van der Waals surface area contributed by atoms with Crippen molar-refractivity contribution >= 4 is 22.6 Å². The van der Waals surface area contributed by atoms with Crippen molar-refractivity contribution in [2.75, 3.05) is 25.0 Å². The molecular formula is C21H23F3N6O. The molecule has 3 aromatic heterocycles. The number of aromatic nitrogens is 4. The Bertz CT molecular complexity index is 1080. The van der Waals surface area contributed by atoms with Crippen molar-refractivity contribution < 1.29 is 18.0 Å². The lowest BCUT2D eigenvalue weighted by atomic mass is 9.96. The quantitative estimate of drug-likeness (QED) is 0.681. The van der Waals surface area contributed by atoms with Crippen LogP contribution in [0.1, 0.15) is 34.7 Å². The highest BCUT2D eigenvalue weighted by Crippen LogP contribution is 2.30. The van der Waals surface area contributed by atoms with E-state index in [1.54, 1.807) is 10.7 Å². The lowest BCUT2D eigenvalue weighted by Crippen LogP contribution is -2.40. The monoisotopic (exact) mass is 432 g/mol. The fourth-order valence-electron chi connectivity index (χ4n) is 3.76. The molecule has 1 saturated heterocycles. The molecule has 3 aromatic rings. The summed E-state index contributed by atoms with van der Waals surface area (Å²) in [5.74, 6) is 0.785. The van der Waals surface area contributed by atoms with Crippen LogP contribution in [0.2, 0.25) is 0 Å². The third-order valence-corrected chi connectivity index (χ3v) is 5.70. The van der Waals surface area contributed by atoms with Crippen LogP contribution in [-0.2, 0) is 13.2 Å². The SMILES string of the molecule is Cc1cc(C(=O)N2CCC(CNc3nccc4nc(C(F)(F)F)ccc34)CC2)nn1C. The number of amides is 1. The maximum absolute atomic E-state index is 12.9. The molecule has 1 fully saturated rings. The highest BCUT2D eigenvalue weighted by Gasteiger charge is 2.32. The maximum atomic E-state index is 12.9. The van der Waals surface area contributed by atoms with Gasteiger partial charge in [0.2, 0.25) is 0 Å². The maximum Gasteiger partial charge on any atom is 0.433 e. The van der Waals surface area contributed by atoms with Gasteiger partial charge in [0.05, 0.1) is 5.52 Å². The molecular weight excluding hydrogens is 409 g/mol. The van der Waals surface area contributed by atoms with Gasteiger partial charge in [-0.2, -0.15) is 18.3 Å². The zero-order chi connectivity index (χ0) is 22.2. The van der Waals surface area contributed by atoms with Crippen molar-refractivity contribution in [1.82, 2.24) is 24.6 Å². The van der Waals surface area contributed by atoms with Crippen LogP contribution >= 0.6 is 0 Å². The van der Waals surface area contributed by atoms with Gasteiger partial charge in [-0.1, -0.05) is 0 Å². The highest BCUT2D eigenvalue weighted by molar-refractivity contribution is 5.92. The van der Waals surface area contributed by atoms with Crippen LogP contribution in [0.5, 0.6) is 0 Å². The first-order valence-electron chi connectivity index (χ1n) is 10.1. The number of hydrogen-bond acceptors (Lipinski definition) is 5. The fraction of sp³-hybridized carbons (Fsp3) is 0.429. The molecule has 31 heavy (non-hydrogen) atoms. The smallest absolute Gasteiger partial charge is 0.369 e. The van der Waals surface area contributed by atoms with Gasteiger partial charge in [-0.3, -0.25) is 9.48 Å². The first kappa shape index (κ1) is 21.1. The van der Waals surface area contributed by atoms with Gasteiger partial charge in [0.25, 0.3) is 5.91 Å². The molecule has 4 heterocycles. The van der Waals surface area contributed by atoms with Crippen molar-refractivity contribution in [1.29, 1.82) is 0 Å². The Morgan fingerprint density at radius 1 is 1.23 bits per heavy atom. The number of piperidine rings is 1. The van der Waals surface area contributed by atoms with E-state index in [0.29, 0.717) is 42.5 Å². The van der Waals surface area contributed by atoms with Gasteiger partial charge in [-0.15, -0.1) is 0 Å². The fourth-order valence-corrected chi connectivity index (χ4v) is 3.76. The van der Waals surface area contributed by atoms with Gasteiger partial charge in [0.15, 0.2) is 5.69 Å². The first-order valence-corrected chi connectivity index (χ1v) is 10.1. The van der Waals surface area contributed by atoms with Crippen molar-refractivity contribution in [2.24, 2.45) is 13.0 Å². The molecule has 0 aliphatic carbocycles. The van der Waals surface area contributed by atoms with Crippen LogP contribution in [0.15, 0.2) is 30.5 Å². The molecule has 0 spiro atoms. The van der Waals surface area contributed by atoms with Crippen molar-refractivity contribution in [3.8, 4) is 0 Å². The third-order valence-electron chi connectivity index (χ3n) is 5.70. The lowest BCUT2D eigenvalue weighted by molar-refractivity contribution is -0.140. The van der Waals surface area contributed by atoms with Crippen LogP contribution < -0.4 is 5.32 Å². The summed E-state index contributed by atoms with van der Waals surface area (Å²) in [4.78, 5) is 22.4. The molecule has 0 bridgehead atoms. The van der Waals surface area contributed by atoms with Gasteiger partial charge in [0, 0.05) is 44.0 Å². The number of halogens is 3. The number of carbonyl (C=O) groups excluding carboxylic acids is 1. The van der Waals surface area contributed by atoms with Gasteiger partial charge < -0.3 is 10.2 Å². The number of alkyl halides is 3. The number of hydrogen-bond donors (Lipinski definition) is 1. The minimum absolute atomic E-state index is 0.0580. The van der Waals surface area contributed by atoms with Crippen molar-refractivity contribution in [3.63, 3.8) is 0 Å². The lowest BCUT2D eigenvalue weighted by Gasteiger charge is -2.31. The predicted molar refractivity (Wildman–Crippen MR) is 110 cm³/mol. The summed E-state index contributed by atoms with van der Waals surface area (Å²) in [5, 5.41) is 8.06. The number of rotatable bonds is 4. The molecule has 1 aliphatic heterocycles. The predicted octanol–water partition coefficient (Wildman–Crippen LogP) is 3.65. The van der Waals surface area contributed by atoms with Crippen LogP contribution in [0.4, 0.5) is 19.0 Å². The van der Waals surface area contributed by atoms with E-state index >= 15 is 0 Å². The summed E-state index contributed by atoms with van der Waals surface area (Å²) in [5.41, 5.74) is 0.722. The molecule has 7 nitrogen and oxygen atoms in total. The molecule has 164 valence electrons. The summed E-state index contributed by atoms with van der Waals surface area (Å²) in [6.45, 7) is 3.81. The first-order chi connectivity index (χ1) is 14.7. The zero-order valence-electron chi connectivity index (χ0n) is 17.3. The topological polar surface area (TPSA) is 75.9 Å². The van der Waals surface area contributed by atoms with Crippen LogP contribution in [-0.4, -0.2) is 50.2 Å². The molecule has 10 heteroatoms. The Labute approximate surface area is 177 Å². The Hall–Kier alpha value is -3.17. The normalized spacial score (nSPS) is 15.5. The minimum atomic E-state index is -4.48. The average molecular weight is 432 g/mol. The summed E-state index contributed by atoms with van der Waals surface area (Å²) >= 11 is 0. The largest absolute Gasteiger partial charge is 0.433 e. The Kier molecular flexibility index (Phi) is 5.55. The summed E-state index contributed by atoms with van der Waals surface area (Å²) in [6.07, 6.45) is -1.38. The molecule has 1 amide bonds. The number of pyridine rings is 2. The molecule has 0 unspecified atom stereocenters. The molecule has 1 N–H and O–H groups in total. The van der Waals surface area contributed by atoms with Crippen LogP contribution in [0.25, 0.3) is 10.9 Å². The van der Waals surface area contributed by atoms with Gasteiger partial charge >= 0.3 is 6.18 Å². The Morgan fingerprint density at radius 3 is 2.61 bits per heavy atom. The number of fused-ring (bicyclic) bond motifs is 1. The van der Waals surface area contributed by atoms with E-state index in [1.807, 2.05) is 18.9 Å². The average Bonchev–Trinajstić information content (AvgIpc) is 3.09. The summed E-state index contributed by atoms with van der Waals surface area (Å²) in [7, 11) is 1.81. The van der Waals surface area contributed by atoms with Crippen LogP contribution in [0.3, 0.4) is 0 Å². The van der Waals surface area contributed by atoms with E-state index in [-0.39, 0.29) is 11.4 Å². The molecule has 1 aliphatic rings. The van der Waals surface area contributed by atoms with Gasteiger partial charge in [-0.05, 0) is 49.9 Å². The van der Waals surface area contributed by atoms with Crippen molar-refractivity contribution in [2.45, 2.75) is 25.9 Å². The molecule has 0 atom stereocenters. The molecule has 0 radical (unpaired) electrons. The second-order valence-corrected chi connectivity index (χ2v) is 7.83. The number of nitrogens with zero attached hydrogens (tertiary/aromatic N) is 5. The Balaban J connectivity index is 1.36. The van der Waals surface area contributed by atoms with E-state index in [9.17, 15) is 18.0 Å². The number of carbonyl (C=O) groups is 1. The summed E-state index contributed by atoms with van der Waals surface area (Å²) < 4.78 is 40.4. The van der Waals surface area contributed by atoms with E-state index in [2.05, 4.69) is 20.4 Å². The standard InChI is InChI=1S/C21H23F3N6O/c1-13-11-17(28-29(13)2)20(31)30-9-6-14(7-10-30)12-26-19-15-3-4-18(21(22,23)24)27-16(15)5-8-25-19/h3-5,8,11,14H,6-7,9-10,12H2,1-2H3,(H,25,26). The second kappa shape index (κ2) is 8.16. The number of nitrogens with one attached hydrogen (secondary N) is 1. The molecule has 4 rings (SSSR count). The Morgan fingerprint density at radius 2 is 1.97 bits per heavy atom. The number of anilines is 1. The van der Waals surface area contributed by atoms with Gasteiger partial charge in [0.1, 0.15) is 11.5 Å². The summed E-state index contributed by atoms with van der Waals surface area (Å²) in [6, 6.07) is 5.63. The molecule has 0 saturated carbocycles. The minimum Gasteiger partial charge on any atom is -0.369 e. The highest BCUT2D eigenvalue weighted by atomic mass is 19.4. The van der Waals surface area contributed by atoms with Gasteiger partial charge in [-0.25, -0.2) is 9.97 Å². The molecule has 0 aromatic carbocycles. The van der Waals surface area contributed by atoms with E-state index in [0.717, 1.165) is 24.6 Å². The van der Waals surface area contributed by atoms with E-state index < -0.39 is 11.9 Å². The van der Waals surface area contributed by atoms with E-state index in [4.69, 9.17) is 0 Å². The second-order valence-electron chi connectivity index (χ2n) is 7.83.